The lowest BCUT2D eigenvalue weighted by Crippen LogP contribution is -2.41. The van der Waals surface area contributed by atoms with E-state index in [9.17, 15) is 38.7 Å². The number of anilines is 2. The molecule has 6 rings (SSSR count). The first-order valence-corrected chi connectivity index (χ1v) is 16.6. The van der Waals surface area contributed by atoms with Gasteiger partial charge in [-0.15, -0.1) is 0 Å². The predicted octanol–water partition coefficient (Wildman–Crippen LogP) is 2.61. The van der Waals surface area contributed by atoms with Crippen molar-refractivity contribution in [3.05, 3.63) is 165 Å². The molecule has 1 saturated heterocycles. The molecule has 16 heteroatoms. The van der Waals surface area contributed by atoms with Crippen LogP contribution in [-0.4, -0.2) is 49.9 Å². The van der Waals surface area contributed by atoms with Gasteiger partial charge in [-0.2, -0.15) is 0 Å². The van der Waals surface area contributed by atoms with Crippen LogP contribution < -0.4 is 38.5 Å². The van der Waals surface area contributed by atoms with Crippen LogP contribution in [0.25, 0.3) is 17.5 Å². The van der Waals surface area contributed by atoms with Gasteiger partial charge < -0.3 is 28.0 Å². The standard InChI is InChI=1S/C40H32N8O8/c1-22(14-16-31-37(53)45(27-10-2-6-23(18-27)33(41)49)46(38(31)54)28-11-3-7-24(19-28)34(42)50)15-17-32-39(55)47(29-12-4-8-25(20-29)35(43)51)48(40(32)56)30-13-5-9-26(21-30)36(44)52/h2-21,53H,1H3,(H2,41,49)(H2,42,50)(H2,43,51)(H2,44,52). The lowest BCUT2D eigenvalue weighted by atomic mass is 10.1. The molecule has 0 atom stereocenters. The van der Waals surface area contributed by atoms with Crippen LogP contribution in [0, 0.1) is 0 Å². The molecule has 56 heavy (non-hydrogen) atoms. The van der Waals surface area contributed by atoms with Gasteiger partial charge in [-0.3, -0.25) is 33.6 Å². The van der Waals surface area contributed by atoms with E-state index >= 15 is 0 Å². The summed E-state index contributed by atoms with van der Waals surface area (Å²) in [7, 11) is 0. The van der Waals surface area contributed by atoms with E-state index in [4.69, 9.17) is 22.9 Å². The second-order valence-corrected chi connectivity index (χ2v) is 12.4. The quantitative estimate of drug-likeness (QED) is 0.0759. The summed E-state index contributed by atoms with van der Waals surface area (Å²) in [5.41, 5.74) is 22.0. The third-order valence-electron chi connectivity index (χ3n) is 8.64. The number of nitrogens with zero attached hydrogens (tertiary/aromatic N) is 4. The van der Waals surface area contributed by atoms with Gasteiger partial charge in [0.15, 0.2) is 0 Å². The number of hydrogen-bond donors (Lipinski definition) is 5. The molecule has 4 aromatic carbocycles. The molecule has 1 aliphatic heterocycles. The number of nitrogens with two attached hydrogens (primary N) is 4. The molecule has 2 heterocycles. The monoisotopic (exact) mass is 752 g/mol. The Labute approximate surface area is 317 Å². The maximum Gasteiger partial charge on any atom is 0.283 e. The Bertz CT molecular complexity index is 2590. The van der Waals surface area contributed by atoms with E-state index in [1.54, 1.807) is 6.92 Å². The molecule has 0 radical (unpaired) electrons. The van der Waals surface area contributed by atoms with Gasteiger partial charge in [0.1, 0.15) is 11.1 Å². The second kappa shape index (κ2) is 15.0. The smallest absolute Gasteiger partial charge is 0.283 e. The number of primary amides is 4. The van der Waals surface area contributed by atoms with E-state index in [-0.39, 0.29) is 56.1 Å². The van der Waals surface area contributed by atoms with Crippen molar-refractivity contribution >= 4 is 52.9 Å². The minimum absolute atomic E-state index is 0.0733. The SMILES string of the molecule is CC(C=Cc1c(O)n(-c2cccc(C(N)=O)c2)n(-c2cccc(C(N)=O)c2)c1=O)=CC=C1C(=O)N(c2cccc(C(N)=O)c2)N(c2cccc(C(N)=O)c2)C1=O. The Morgan fingerprint density at radius 1 is 0.571 bits per heavy atom. The number of benzene rings is 4. The highest BCUT2D eigenvalue weighted by Gasteiger charge is 2.43. The van der Waals surface area contributed by atoms with Crippen molar-refractivity contribution in [2.24, 2.45) is 22.9 Å². The van der Waals surface area contributed by atoms with Crippen molar-refractivity contribution < 1.29 is 33.9 Å². The van der Waals surface area contributed by atoms with Crippen LogP contribution in [0.15, 0.2) is 131 Å². The number of carbonyl (C=O) groups is 6. The average molecular weight is 753 g/mol. The number of allylic oxidation sites excluding steroid dienone is 4. The van der Waals surface area contributed by atoms with Crippen LogP contribution in [0.4, 0.5) is 11.4 Å². The number of aromatic hydroxyl groups is 1. The van der Waals surface area contributed by atoms with Crippen LogP contribution in [0.1, 0.15) is 53.9 Å². The fourth-order valence-electron chi connectivity index (χ4n) is 5.88. The van der Waals surface area contributed by atoms with Crippen LogP contribution >= 0.6 is 0 Å². The molecule has 0 bridgehead atoms. The van der Waals surface area contributed by atoms with Crippen molar-refractivity contribution in [2.75, 3.05) is 10.0 Å². The van der Waals surface area contributed by atoms with Crippen LogP contribution in [0.5, 0.6) is 5.88 Å². The topological polar surface area (TPSA) is 260 Å². The van der Waals surface area contributed by atoms with Gasteiger partial charge in [-0.1, -0.05) is 42.0 Å². The summed E-state index contributed by atoms with van der Waals surface area (Å²) in [6.45, 7) is 1.61. The second-order valence-electron chi connectivity index (χ2n) is 12.4. The Balaban J connectivity index is 1.42. The molecule has 9 N–H and O–H groups in total. The Morgan fingerprint density at radius 2 is 0.946 bits per heavy atom. The molecule has 1 fully saturated rings. The number of rotatable bonds is 11. The number of hydrogen-bond acceptors (Lipinski definition) is 8. The third-order valence-corrected chi connectivity index (χ3v) is 8.64. The molecule has 5 aromatic rings. The van der Waals surface area contributed by atoms with Crippen molar-refractivity contribution in [1.29, 1.82) is 0 Å². The molecular weight excluding hydrogens is 720 g/mol. The summed E-state index contributed by atoms with van der Waals surface area (Å²) < 4.78 is 2.22. The first kappa shape index (κ1) is 37.5. The zero-order chi connectivity index (χ0) is 40.4. The average Bonchev–Trinajstić information content (AvgIpc) is 3.59. The van der Waals surface area contributed by atoms with Crippen molar-refractivity contribution in [3.8, 4) is 17.3 Å². The molecule has 0 spiro atoms. The van der Waals surface area contributed by atoms with Gasteiger partial charge in [0, 0.05) is 22.3 Å². The number of carbonyl (C=O) groups excluding carboxylic acids is 6. The highest BCUT2D eigenvalue weighted by atomic mass is 16.3. The highest BCUT2D eigenvalue weighted by Crippen LogP contribution is 2.33. The lowest BCUT2D eigenvalue weighted by molar-refractivity contribution is -0.116. The normalized spacial score (nSPS) is 13.1. The minimum Gasteiger partial charge on any atom is -0.493 e. The summed E-state index contributed by atoms with van der Waals surface area (Å²) in [6, 6.07) is 23.2. The first-order valence-electron chi connectivity index (χ1n) is 16.6. The lowest BCUT2D eigenvalue weighted by Gasteiger charge is -2.27. The summed E-state index contributed by atoms with van der Waals surface area (Å²) in [4.78, 5) is 89.7. The van der Waals surface area contributed by atoms with Gasteiger partial charge >= 0.3 is 0 Å². The largest absolute Gasteiger partial charge is 0.493 e. The third kappa shape index (κ3) is 7.07. The van der Waals surface area contributed by atoms with E-state index in [1.165, 1.54) is 121 Å². The van der Waals surface area contributed by atoms with Gasteiger partial charge in [0.25, 0.3) is 17.4 Å². The zero-order valence-corrected chi connectivity index (χ0v) is 29.5. The molecule has 0 saturated carbocycles. The molecule has 1 aromatic heterocycles. The first-order chi connectivity index (χ1) is 26.7. The number of amides is 6. The molecule has 0 unspecified atom stereocenters. The zero-order valence-electron chi connectivity index (χ0n) is 29.5. The fourth-order valence-corrected chi connectivity index (χ4v) is 5.88. The van der Waals surface area contributed by atoms with E-state index in [0.29, 0.717) is 5.57 Å². The molecule has 1 aliphatic rings. The molecule has 16 nitrogen and oxygen atoms in total. The number of hydrazine groups is 1. The minimum atomic E-state index is -0.775. The van der Waals surface area contributed by atoms with Crippen molar-refractivity contribution in [2.45, 2.75) is 6.92 Å². The van der Waals surface area contributed by atoms with Gasteiger partial charge in [-0.25, -0.2) is 19.4 Å². The molecular formula is C40H32N8O8. The summed E-state index contributed by atoms with van der Waals surface area (Å²) in [5.74, 6) is -5.11. The van der Waals surface area contributed by atoms with Gasteiger partial charge in [0.05, 0.1) is 22.7 Å². The summed E-state index contributed by atoms with van der Waals surface area (Å²) in [5, 5.41) is 13.5. The maximum atomic E-state index is 14.0. The number of aromatic nitrogens is 2. The van der Waals surface area contributed by atoms with Gasteiger partial charge in [0.2, 0.25) is 29.5 Å². The Kier molecular flexibility index (Phi) is 10.0. The summed E-state index contributed by atoms with van der Waals surface area (Å²) in [6.07, 6.45) is 5.46. The van der Waals surface area contributed by atoms with E-state index in [1.807, 2.05) is 0 Å². The van der Waals surface area contributed by atoms with Gasteiger partial charge in [-0.05, 0) is 91.9 Å². The van der Waals surface area contributed by atoms with E-state index in [2.05, 4.69) is 0 Å². The van der Waals surface area contributed by atoms with Crippen molar-refractivity contribution in [1.82, 2.24) is 9.36 Å². The van der Waals surface area contributed by atoms with Crippen LogP contribution in [0.3, 0.4) is 0 Å². The maximum absolute atomic E-state index is 14.0. The van der Waals surface area contributed by atoms with Crippen molar-refractivity contribution in [3.63, 3.8) is 0 Å². The predicted molar refractivity (Wildman–Crippen MR) is 206 cm³/mol. The van der Waals surface area contributed by atoms with E-state index in [0.717, 1.165) is 19.4 Å². The Hall–Kier alpha value is -8.27. The fraction of sp³-hybridized carbons (Fsp3) is 0.0250. The summed E-state index contributed by atoms with van der Waals surface area (Å²) >= 11 is 0. The molecule has 0 aliphatic carbocycles. The molecule has 6 amide bonds. The Morgan fingerprint density at radius 3 is 1.36 bits per heavy atom. The van der Waals surface area contributed by atoms with Crippen LogP contribution in [-0.2, 0) is 9.59 Å². The van der Waals surface area contributed by atoms with Crippen LogP contribution in [0.2, 0.25) is 0 Å². The van der Waals surface area contributed by atoms with E-state index < -0.39 is 46.9 Å². The highest BCUT2D eigenvalue weighted by molar-refractivity contribution is 6.36. The molecule has 280 valence electrons.